The minimum atomic E-state index is -1.10. The number of amides is 1. The van der Waals surface area contributed by atoms with Crippen molar-refractivity contribution < 1.29 is 56.5 Å². The predicted molar refractivity (Wildman–Crippen MR) is 224 cm³/mol. The second-order valence-electron chi connectivity index (χ2n) is 16.0. The summed E-state index contributed by atoms with van der Waals surface area (Å²) in [5.41, 5.74) is 1.07. The minimum Gasteiger partial charge on any atom is -0.462 e. The number of allylic oxidation sites excluding steroid dienone is 2. The average molecular weight is 851 g/mol. The van der Waals surface area contributed by atoms with Crippen molar-refractivity contribution in [2.75, 3.05) is 28.4 Å². The minimum absolute atomic E-state index is 0.0418. The lowest BCUT2D eigenvalue weighted by Gasteiger charge is -2.31. The number of carbonyl (C=O) groups excluding carboxylic acids is 4. The van der Waals surface area contributed by atoms with E-state index in [4.69, 9.17) is 32.2 Å². The fraction of sp³-hybridized carbons (Fsp3) is 0.578. The number of oxazole rings is 3. The van der Waals surface area contributed by atoms with Gasteiger partial charge in [-0.05, 0) is 49.7 Å². The summed E-state index contributed by atoms with van der Waals surface area (Å²) in [7, 11) is 6.29. The van der Waals surface area contributed by atoms with E-state index >= 15 is 0 Å². The van der Waals surface area contributed by atoms with E-state index in [1.54, 1.807) is 40.5 Å². The smallest absolute Gasteiger partial charge is 0.308 e. The normalized spacial score (nSPS) is 24.4. The second kappa shape index (κ2) is 23.8. The van der Waals surface area contributed by atoms with Crippen molar-refractivity contribution in [3.05, 3.63) is 60.9 Å². The zero-order valence-corrected chi connectivity index (χ0v) is 36.7. The van der Waals surface area contributed by atoms with Gasteiger partial charge in [0.15, 0.2) is 17.2 Å². The number of nitrogens with zero attached hydrogens (tertiary/aromatic N) is 4. The predicted octanol–water partition coefficient (Wildman–Crippen LogP) is 7.21. The first-order valence-electron chi connectivity index (χ1n) is 20.8. The monoisotopic (exact) mass is 850 g/mol. The van der Waals surface area contributed by atoms with Crippen molar-refractivity contribution in [2.45, 2.75) is 110 Å². The molecule has 4 rings (SSSR count). The molecule has 0 radical (unpaired) electrons. The Balaban J connectivity index is 1.49. The molecular formula is C45H62N4O12. The van der Waals surface area contributed by atoms with E-state index in [9.17, 15) is 24.3 Å². The molecule has 0 fully saturated rings. The van der Waals surface area contributed by atoms with Crippen molar-refractivity contribution in [3.8, 4) is 23.2 Å². The highest BCUT2D eigenvalue weighted by atomic mass is 16.5. The third-order valence-corrected chi connectivity index (χ3v) is 11.3. The van der Waals surface area contributed by atoms with Gasteiger partial charge in [0.25, 0.3) is 0 Å². The Morgan fingerprint density at radius 2 is 1.67 bits per heavy atom. The van der Waals surface area contributed by atoms with Crippen LogP contribution in [0.25, 0.3) is 29.2 Å². The molecule has 6 bridgehead atoms. The van der Waals surface area contributed by atoms with Crippen molar-refractivity contribution in [1.82, 2.24) is 19.9 Å². The first-order valence-corrected chi connectivity index (χ1v) is 20.8. The summed E-state index contributed by atoms with van der Waals surface area (Å²) in [5, 5.41) is 10.8. The van der Waals surface area contributed by atoms with E-state index in [0.29, 0.717) is 61.5 Å². The number of Topliss-reactive ketones (excluding diaryl/α,β-unsaturated/α-hetero) is 1. The molecule has 0 saturated carbocycles. The van der Waals surface area contributed by atoms with Gasteiger partial charge in [0.05, 0.1) is 30.7 Å². The van der Waals surface area contributed by atoms with E-state index in [1.807, 2.05) is 39.8 Å². The standard InChI is InChI=1S/C45H62N4O12/c1-27-13-10-11-16-40-46-34(24-58-40)44-48-35(25-60-44)45-47-33(23-59-45)43(57-9)31(5)36(52)15-12-14-32(51)21-41(54)61-39(27)22-38(55-7)28(2)17-18-37(53)30(4)42(56-8)29(3)19-20-49(6)26-50/h11-12,15-16,19-20,23-32,38-39,42-43,51H,10,13-14,17-18,21-22H2,1-9H3/b15-12+,16-11+,20-19+. The van der Waals surface area contributed by atoms with Crippen molar-refractivity contribution in [1.29, 1.82) is 0 Å². The highest BCUT2D eigenvalue weighted by Crippen LogP contribution is 2.31. The summed E-state index contributed by atoms with van der Waals surface area (Å²) in [4.78, 5) is 65.8. The van der Waals surface area contributed by atoms with Crippen LogP contribution in [0.2, 0.25) is 0 Å². The van der Waals surface area contributed by atoms with Crippen molar-refractivity contribution in [2.24, 2.45) is 29.6 Å². The third-order valence-electron chi connectivity index (χ3n) is 11.3. The van der Waals surface area contributed by atoms with Gasteiger partial charge in [0.2, 0.25) is 24.1 Å². The van der Waals surface area contributed by atoms with Crippen LogP contribution < -0.4 is 0 Å². The lowest BCUT2D eigenvalue weighted by molar-refractivity contribution is -0.156. The number of rotatable bonds is 15. The Kier molecular flexibility index (Phi) is 19.0. The van der Waals surface area contributed by atoms with Crippen molar-refractivity contribution in [3.63, 3.8) is 0 Å². The maximum absolute atomic E-state index is 13.4. The quantitative estimate of drug-likeness (QED) is 0.118. The fourth-order valence-electron chi connectivity index (χ4n) is 7.37. The van der Waals surface area contributed by atoms with Gasteiger partial charge in [-0.15, -0.1) is 0 Å². The molecule has 1 aliphatic heterocycles. The van der Waals surface area contributed by atoms with E-state index in [1.165, 1.54) is 43.0 Å². The number of ether oxygens (including phenoxy) is 4. The number of methoxy groups -OCH3 is 3. The molecule has 10 unspecified atom stereocenters. The first kappa shape index (κ1) is 48.6. The summed E-state index contributed by atoms with van der Waals surface area (Å²) < 4.78 is 40.3. The Morgan fingerprint density at radius 1 is 0.967 bits per heavy atom. The van der Waals surface area contributed by atoms with Crippen LogP contribution in [0, 0.1) is 29.6 Å². The summed E-state index contributed by atoms with van der Waals surface area (Å²) in [6.07, 6.45) is 14.0. The van der Waals surface area contributed by atoms with E-state index in [0.717, 1.165) is 0 Å². The number of esters is 1. The maximum Gasteiger partial charge on any atom is 0.308 e. The number of fused-ring (bicyclic) bond motifs is 8. The van der Waals surface area contributed by atoms with E-state index < -0.39 is 36.1 Å². The van der Waals surface area contributed by atoms with Crippen LogP contribution in [-0.2, 0) is 38.1 Å². The summed E-state index contributed by atoms with van der Waals surface area (Å²) in [6, 6.07) is 0. The summed E-state index contributed by atoms with van der Waals surface area (Å²) >= 11 is 0. The molecule has 61 heavy (non-hydrogen) atoms. The van der Waals surface area contributed by atoms with Crippen molar-refractivity contribution >= 4 is 30.0 Å². The molecule has 10 atom stereocenters. The number of aliphatic hydroxyl groups is 1. The molecular weight excluding hydrogens is 789 g/mol. The van der Waals surface area contributed by atoms with Crippen LogP contribution >= 0.6 is 0 Å². The second-order valence-corrected chi connectivity index (χ2v) is 16.0. The fourth-order valence-corrected chi connectivity index (χ4v) is 7.37. The van der Waals surface area contributed by atoms with Crippen LogP contribution in [0.3, 0.4) is 0 Å². The van der Waals surface area contributed by atoms with Gasteiger partial charge in [-0.25, -0.2) is 15.0 Å². The molecule has 16 heteroatoms. The van der Waals surface area contributed by atoms with E-state index in [2.05, 4.69) is 15.0 Å². The molecule has 0 aromatic carbocycles. The highest BCUT2D eigenvalue weighted by Gasteiger charge is 2.32. The molecule has 0 aliphatic carbocycles. The molecule has 3 aromatic rings. The number of aliphatic hydroxyl groups excluding tert-OH is 1. The molecule has 4 heterocycles. The van der Waals surface area contributed by atoms with Crippen LogP contribution in [0.4, 0.5) is 0 Å². The number of hydrogen-bond donors (Lipinski definition) is 1. The summed E-state index contributed by atoms with van der Waals surface area (Å²) in [5.74, 6) is -1.47. The molecule has 0 spiro atoms. The van der Waals surface area contributed by atoms with Gasteiger partial charge in [-0.2, -0.15) is 0 Å². The largest absolute Gasteiger partial charge is 0.462 e. The lowest BCUT2D eigenvalue weighted by atomic mass is 9.85. The maximum atomic E-state index is 13.4. The Bertz CT molecular complexity index is 1950. The van der Waals surface area contributed by atoms with Crippen LogP contribution in [0.1, 0.15) is 97.3 Å². The van der Waals surface area contributed by atoms with Crippen LogP contribution in [-0.4, -0.2) is 102 Å². The molecule has 1 N–H and O–H groups in total. The Labute approximate surface area is 357 Å². The number of cyclic esters (lactones) is 1. The molecule has 16 nitrogen and oxygen atoms in total. The summed E-state index contributed by atoms with van der Waals surface area (Å²) in [6.45, 7) is 9.50. The third kappa shape index (κ3) is 14.0. The first-order chi connectivity index (χ1) is 29.2. The van der Waals surface area contributed by atoms with Gasteiger partial charge < -0.3 is 42.2 Å². The zero-order chi connectivity index (χ0) is 44.6. The lowest BCUT2D eigenvalue weighted by Crippen LogP contribution is -2.35. The molecule has 1 amide bonds. The molecule has 3 aromatic heterocycles. The SMILES string of the molecule is COC(CC1OC(=O)CC(O)C/C=C/C(=O)C(C)C(OC)c2coc(n2)-c2coc(n2)-c2coc(n2)/C=C/CCC1C)C(C)CCC(=O)C(C)C(OC)C(C)/C=C/N(C)C=O. The van der Waals surface area contributed by atoms with Gasteiger partial charge in [-0.1, -0.05) is 52.8 Å². The zero-order valence-electron chi connectivity index (χ0n) is 36.7. The van der Waals surface area contributed by atoms with Gasteiger partial charge in [-0.3, -0.25) is 19.2 Å². The molecule has 334 valence electrons. The topological polar surface area (TPSA) is 207 Å². The van der Waals surface area contributed by atoms with Crippen LogP contribution in [0.5, 0.6) is 0 Å². The number of aromatic nitrogens is 3. The van der Waals surface area contributed by atoms with Gasteiger partial charge in [0, 0.05) is 59.3 Å². The molecule has 1 aliphatic rings. The molecule has 0 saturated heterocycles. The van der Waals surface area contributed by atoms with Gasteiger partial charge in [0.1, 0.15) is 42.5 Å². The Morgan fingerprint density at radius 3 is 2.38 bits per heavy atom. The van der Waals surface area contributed by atoms with E-state index in [-0.39, 0.29) is 66.2 Å². The number of ketones is 2. The highest BCUT2D eigenvalue weighted by molar-refractivity contribution is 5.92. The Hall–Kier alpha value is -5.03. The number of hydrogen-bond acceptors (Lipinski definition) is 15. The van der Waals surface area contributed by atoms with Gasteiger partial charge >= 0.3 is 5.97 Å². The van der Waals surface area contributed by atoms with Crippen LogP contribution in [0.15, 0.2) is 62.5 Å². The number of carbonyl (C=O) groups is 4. The average Bonchev–Trinajstić information content (AvgIpc) is 4.04.